The Bertz CT molecular complexity index is 1030. The normalized spacial score (nSPS) is 15.3. The van der Waals surface area contributed by atoms with Crippen molar-refractivity contribution < 1.29 is 13.2 Å². The van der Waals surface area contributed by atoms with E-state index in [0.29, 0.717) is 30.3 Å². The number of nitrogens with zero attached hydrogens (tertiary/aromatic N) is 1. The zero-order valence-electron chi connectivity index (χ0n) is 18.1. The first-order chi connectivity index (χ1) is 14.3. The van der Waals surface area contributed by atoms with Crippen molar-refractivity contribution in [3.63, 3.8) is 0 Å². The van der Waals surface area contributed by atoms with Gasteiger partial charge in [-0.05, 0) is 67.7 Å². The van der Waals surface area contributed by atoms with Gasteiger partial charge in [0.15, 0.2) is 0 Å². The number of anilines is 1. The van der Waals surface area contributed by atoms with E-state index in [2.05, 4.69) is 11.6 Å². The van der Waals surface area contributed by atoms with Gasteiger partial charge >= 0.3 is 0 Å². The molecule has 0 atom stereocenters. The molecule has 0 bridgehead atoms. The third kappa shape index (κ3) is 4.83. The van der Waals surface area contributed by atoms with Gasteiger partial charge in [-0.2, -0.15) is 0 Å². The van der Waals surface area contributed by atoms with Gasteiger partial charge in [-0.3, -0.25) is 9.52 Å². The predicted molar refractivity (Wildman–Crippen MR) is 124 cm³/mol. The molecule has 1 amide bonds. The Labute approximate surface area is 184 Å². The molecule has 5 nitrogen and oxygen atoms in total. The highest BCUT2D eigenvalue weighted by Gasteiger charge is 2.26. The number of likely N-dealkylation sites (tertiary alicyclic amines) is 1. The number of piperidine rings is 1. The summed E-state index contributed by atoms with van der Waals surface area (Å²) in [5.41, 5.74) is 2.89. The number of aryl methyl sites for hydroxylation is 2. The van der Waals surface area contributed by atoms with Crippen LogP contribution in [0.5, 0.6) is 0 Å². The van der Waals surface area contributed by atoms with E-state index in [0.717, 1.165) is 35.3 Å². The second-order valence-electron chi connectivity index (χ2n) is 7.90. The number of carbonyl (C=O) groups is 1. The minimum atomic E-state index is -3.82. The highest BCUT2D eigenvalue weighted by Crippen LogP contribution is 2.29. The van der Waals surface area contributed by atoms with Gasteiger partial charge in [0.25, 0.3) is 15.9 Å². The van der Waals surface area contributed by atoms with E-state index >= 15 is 0 Å². The summed E-state index contributed by atoms with van der Waals surface area (Å²) >= 11 is 1.46. The van der Waals surface area contributed by atoms with Crippen molar-refractivity contribution in [2.45, 2.75) is 49.8 Å². The van der Waals surface area contributed by atoms with E-state index in [1.807, 2.05) is 43.2 Å². The third-order valence-corrected chi connectivity index (χ3v) is 7.90. The van der Waals surface area contributed by atoms with Crippen molar-refractivity contribution in [2.75, 3.05) is 24.1 Å². The maximum absolute atomic E-state index is 13.2. The Morgan fingerprint density at radius 3 is 2.53 bits per heavy atom. The second-order valence-corrected chi connectivity index (χ2v) is 10.4. The smallest absolute Gasteiger partial charge is 0.261 e. The molecule has 1 aliphatic heterocycles. The molecule has 1 fully saturated rings. The molecule has 1 aliphatic rings. The van der Waals surface area contributed by atoms with Crippen LogP contribution < -0.4 is 4.72 Å². The van der Waals surface area contributed by atoms with Gasteiger partial charge in [0.05, 0.1) is 16.1 Å². The number of sulfonamides is 1. The molecule has 2 aromatic carbocycles. The topological polar surface area (TPSA) is 66.5 Å². The van der Waals surface area contributed by atoms with E-state index in [1.165, 1.54) is 17.8 Å². The lowest BCUT2D eigenvalue weighted by Crippen LogP contribution is -2.38. The summed E-state index contributed by atoms with van der Waals surface area (Å²) in [6.07, 6.45) is 4.58. The van der Waals surface area contributed by atoms with E-state index in [1.54, 1.807) is 12.1 Å². The molecule has 1 N–H and O–H groups in total. The quantitative estimate of drug-likeness (QED) is 0.638. The first kappa shape index (κ1) is 22.7. The fourth-order valence-corrected chi connectivity index (χ4v) is 5.54. The maximum atomic E-state index is 13.2. The Hall–Kier alpha value is -1.99. The summed E-state index contributed by atoms with van der Waals surface area (Å²) in [5.74, 6) is 0.528. The molecular weight excluding hydrogens is 416 g/mol. The van der Waals surface area contributed by atoms with E-state index in [9.17, 15) is 13.2 Å². The van der Waals surface area contributed by atoms with Crippen LogP contribution in [0.3, 0.4) is 0 Å². The summed E-state index contributed by atoms with van der Waals surface area (Å²) in [6.45, 7) is 7.51. The molecule has 1 saturated heterocycles. The van der Waals surface area contributed by atoms with Gasteiger partial charge in [-0.15, -0.1) is 11.8 Å². The van der Waals surface area contributed by atoms with E-state index in [-0.39, 0.29) is 10.8 Å². The summed E-state index contributed by atoms with van der Waals surface area (Å²) in [7, 11) is -3.82. The molecule has 2 aromatic rings. The van der Waals surface area contributed by atoms with Crippen molar-refractivity contribution in [1.29, 1.82) is 0 Å². The number of benzene rings is 2. The molecule has 162 valence electrons. The monoisotopic (exact) mass is 446 g/mol. The highest BCUT2D eigenvalue weighted by molar-refractivity contribution is 7.98. The fourth-order valence-electron chi connectivity index (χ4n) is 3.77. The minimum absolute atomic E-state index is 0.0894. The number of para-hydroxylation sites is 1. The number of hydrogen-bond donors (Lipinski definition) is 1. The zero-order valence-corrected chi connectivity index (χ0v) is 19.7. The fraction of sp³-hybridized carbons (Fsp3) is 0.435. The van der Waals surface area contributed by atoms with Crippen LogP contribution >= 0.6 is 11.8 Å². The number of thioether (sulfide) groups is 1. The summed E-state index contributed by atoms with van der Waals surface area (Å²) in [4.78, 5) is 15.9. The first-order valence-electron chi connectivity index (χ1n) is 10.4. The van der Waals surface area contributed by atoms with Crippen LogP contribution in [0, 0.1) is 12.8 Å². The number of rotatable bonds is 6. The maximum Gasteiger partial charge on any atom is 0.261 e. The largest absolute Gasteiger partial charge is 0.339 e. The predicted octanol–water partition coefficient (Wildman–Crippen LogP) is 4.95. The zero-order chi connectivity index (χ0) is 21.9. The van der Waals surface area contributed by atoms with Crippen molar-refractivity contribution >= 4 is 33.4 Å². The number of nitrogens with one attached hydrogen (secondary N) is 1. The van der Waals surface area contributed by atoms with Crippen molar-refractivity contribution in [3.8, 4) is 0 Å². The standard InChI is InChI=1S/C23H30N2O3S2/c1-5-18-8-6-7-17(3)22(18)24-30(27,28)19-9-10-21(29-4)20(15-19)23(26)25-13-11-16(2)12-14-25/h6-10,15-16,24H,5,11-14H2,1-4H3. The summed E-state index contributed by atoms with van der Waals surface area (Å²) < 4.78 is 29.1. The van der Waals surface area contributed by atoms with Crippen molar-refractivity contribution in [3.05, 3.63) is 53.1 Å². The van der Waals surface area contributed by atoms with Gasteiger partial charge in [0, 0.05) is 18.0 Å². The number of carbonyl (C=O) groups excluding carboxylic acids is 1. The molecular formula is C23H30N2O3S2. The lowest BCUT2D eigenvalue weighted by molar-refractivity contribution is 0.0693. The Balaban J connectivity index is 1.95. The van der Waals surface area contributed by atoms with Crippen LogP contribution in [-0.4, -0.2) is 38.6 Å². The number of hydrogen-bond acceptors (Lipinski definition) is 4. The SMILES string of the molecule is CCc1cccc(C)c1NS(=O)(=O)c1ccc(SC)c(C(=O)N2CCC(C)CC2)c1. The summed E-state index contributed by atoms with van der Waals surface area (Å²) in [5, 5.41) is 0. The van der Waals surface area contributed by atoms with Crippen LogP contribution in [0.2, 0.25) is 0 Å². The molecule has 0 aliphatic carbocycles. The van der Waals surface area contributed by atoms with Gasteiger partial charge in [-0.1, -0.05) is 32.0 Å². The minimum Gasteiger partial charge on any atom is -0.339 e. The molecule has 3 rings (SSSR count). The highest BCUT2D eigenvalue weighted by atomic mass is 32.2. The summed E-state index contributed by atoms with van der Waals surface area (Å²) in [6, 6.07) is 10.6. The van der Waals surface area contributed by atoms with E-state index < -0.39 is 10.0 Å². The lowest BCUT2D eigenvalue weighted by Gasteiger charge is -2.30. The van der Waals surface area contributed by atoms with Crippen molar-refractivity contribution in [1.82, 2.24) is 4.90 Å². The Kier molecular flexibility index (Phi) is 7.14. The molecule has 0 saturated carbocycles. The third-order valence-electron chi connectivity index (χ3n) is 5.76. The van der Waals surface area contributed by atoms with Gasteiger partial charge in [0.2, 0.25) is 0 Å². The van der Waals surface area contributed by atoms with Crippen LogP contribution in [0.1, 0.15) is 48.2 Å². The number of amides is 1. The van der Waals surface area contributed by atoms with Crippen LogP contribution in [0.4, 0.5) is 5.69 Å². The van der Waals surface area contributed by atoms with Gasteiger partial charge < -0.3 is 4.90 Å². The van der Waals surface area contributed by atoms with Crippen LogP contribution in [-0.2, 0) is 16.4 Å². The lowest BCUT2D eigenvalue weighted by atomic mass is 9.98. The molecule has 1 heterocycles. The molecule has 30 heavy (non-hydrogen) atoms. The van der Waals surface area contributed by atoms with Crippen LogP contribution in [0.15, 0.2) is 46.2 Å². The molecule has 0 unspecified atom stereocenters. The van der Waals surface area contributed by atoms with Crippen molar-refractivity contribution in [2.24, 2.45) is 5.92 Å². The first-order valence-corrected chi connectivity index (χ1v) is 13.1. The molecule has 0 spiro atoms. The van der Waals surface area contributed by atoms with Gasteiger partial charge in [0.1, 0.15) is 0 Å². The second kappa shape index (κ2) is 9.43. The molecule has 0 radical (unpaired) electrons. The Morgan fingerprint density at radius 1 is 1.20 bits per heavy atom. The van der Waals surface area contributed by atoms with Gasteiger partial charge in [-0.25, -0.2) is 8.42 Å². The molecule has 0 aromatic heterocycles. The molecule has 7 heteroatoms. The Morgan fingerprint density at radius 2 is 1.90 bits per heavy atom. The van der Waals surface area contributed by atoms with E-state index in [4.69, 9.17) is 0 Å². The average Bonchev–Trinajstić information content (AvgIpc) is 2.74. The van der Waals surface area contributed by atoms with Crippen LogP contribution in [0.25, 0.3) is 0 Å². The average molecular weight is 447 g/mol.